The largest absolute Gasteiger partial charge is 0.454 e. The summed E-state index contributed by atoms with van der Waals surface area (Å²) in [4.78, 5) is 4.07. The van der Waals surface area contributed by atoms with Crippen LogP contribution in [0.25, 0.3) is 0 Å². The number of benzene rings is 1. The highest BCUT2D eigenvalue weighted by atomic mass is 19.1. The number of aryl methyl sites for hydroxylation is 1. The number of halogens is 1. The van der Waals surface area contributed by atoms with Crippen molar-refractivity contribution in [2.24, 2.45) is 0 Å². The maximum absolute atomic E-state index is 13.7. The predicted octanol–water partition coefficient (Wildman–Crippen LogP) is 3.43. The van der Waals surface area contributed by atoms with Gasteiger partial charge in [0.2, 0.25) is 0 Å². The Morgan fingerprint density at radius 2 is 2.11 bits per heavy atom. The van der Waals surface area contributed by atoms with E-state index in [-0.39, 0.29) is 11.6 Å². The number of aromatic nitrogens is 1. The van der Waals surface area contributed by atoms with E-state index in [2.05, 4.69) is 10.3 Å². The van der Waals surface area contributed by atoms with Crippen LogP contribution in [0.4, 0.5) is 4.39 Å². The van der Waals surface area contributed by atoms with Crippen LogP contribution in [0.1, 0.15) is 18.1 Å². The molecule has 0 unspecified atom stereocenters. The lowest BCUT2D eigenvalue weighted by atomic mass is 10.2. The molecular weight excluding hydrogens is 243 g/mol. The van der Waals surface area contributed by atoms with Crippen molar-refractivity contribution < 1.29 is 9.13 Å². The second-order valence-corrected chi connectivity index (χ2v) is 4.30. The van der Waals surface area contributed by atoms with Gasteiger partial charge in [-0.3, -0.25) is 4.98 Å². The monoisotopic (exact) mass is 260 g/mol. The van der Waals surface area contributed by atoms with Gasteiger partial charge in [0.05, 0.1) is 0 Å². The SMILES string of the molecule is CCNCc1cnccc1Oc1cc(C)ccc1F. The van der Waals surface area contributed by atoms with Gasteiger partial charge in [0.1, 0.15) is 5.75 Å². The van der Waals surface area contributed by atoms with Crippen molar-refractivity contribution in [3.63, 3.8) is 0 Å². The summed E-state index contributed by atoms with van der Waals surface area (Å²) in [6, 6.07) is 6.56. The number of pyridine rings is 1. The first-order valence-electron chi connectivity index (χ1n) is 6.28. The fourth-order valence-electron chi connectivity index (χ4n) is 1.71. The first kappa shape index (κ1) is 13.5. The molecule has 0 amide bonds. The summed E-state index contributed by atoms with van der Waals surface area (Å²) in [5, 5.41) is 3.20. The molecular formula is C15H17FN2O. The molecule has 1 aromatic carbocycles. The smallest absolute Gasteiger partial charge is 0.165 e. The van der Waals surface area contributed by atoms with Gasteiger partial charge in [0, 0.05) is 24.5 Å². The quantitative estimate of drug-likeness (QED) is 0.894. The van der Waals surface area contributed by atoms with Gasteiger partial charge >= 0.3 is 0 Å². The van der Waals surface area contributed by atoms with E-state index < -0.39 is 0 Å². The van der Waals surface area contributed by atoms with Gasteiger partial charge in [-0.1, -0.05) is 13.0 Å². The zero-order valence-electron chi connectivity index (χ0n) is 11.1. The molecule has 0 fully saturated rings. The van der Waals surface area contributed by atoms with Gasteiger partial charge in [-0.2, -0.15) is 0 Å². The van der Waals surface area contributed by atoms with E-state index in [4.69, 9.17) is 4.74 Å². The second-order valence-electron chi connectivity index (χ2n) is 4.30. The second kappa shape index (κ2) is 6.29. The Labute approximate surface area is 112 Å². The molecule has 0 aliphatic heterocycles. The van der Waals surface area contributed by atoms with Crippen LogP contribution in [-0.2, 0) is 6.54 Å². The van der Waals surface area contributed by atoms with Crippen molar-refractivity contribution in [2.75, 3.05) is 6.54 Å². The molecule has 0 radical (unpaired) electrons. The molecule has 3 nitrogen and oxygen atoms in total. The molecule has 1 N–H and O–H groups in total. The minimum absolute atomic E-state index is 0.240. The molecule has 0 bridgehead atoms. The summed E-state index contributed by atoms with van der Waals surface area (Å²) in [6.07, 6.45) is 3.37. The number of rotatable bonds is 5. The molecule has 0 aliphatic rings. The summed E-state index contributed by atoms with van der Waals surface area (Å²) < 4.78 is 19.3. The summed E-state index contributed by atoms with van der Waals surface area (Å²) in [5.74, 6) is 0.501. The summed E-state index contributed by atoms with van der Waals surface area (Å²) in [7, 11) is 0. The zero-order valence-corrected chi connectivity index (χ0v) is 11.1. The van der Waals surface area contributed by atoms with Gasteiger partial charge in [0.15, 0.2) is 11.6 Å². The van der Waals surface area contributed by atoms with Crippen LogP contribution >= 0.6 is 0 Å². The van der Waals surface area contributed by atoms with Crippen LogP contribution in [-0.4, -0.2) is 11.5 Å². The van der Waals surface area contributed by atoms with E-state index in [0.29, 0.717) is 12.3 Å². The lowest BCUT2D eigenvalue weighted by molar-refractivity contribution is 0.435. The van der Waals surface area contributed by atoms with E-state index in [1.54, 1.807) is 30.6 Å². The zero-order chi connectivity index (χ0) is 13.7. The molecule has 0 atom stereocenters. The van der Waals surface area contributed by atoms with E-state index >= 15 is 0 Å². The third-order valence-electron chi connectivity index (χ3n) is 2.73. The van der Waals surface area contributed by atoms with Gasteiger partial charge in [0.25, 0.3) is 0 Å². The van der Waals surface area contributed by atoms with E-state index in [0.717, 1.165) is 17.7 Å². The average Bonchev–Trinajstić information content (AvgIpc) is 2.42. The third kappa shape index (κ3) is 3.51. The van der Waals surface area contributed by atoms with Crippen molar-refractivity contribution in [1.29, 1.82) is 0 Å². The number of nitrogens with one attached hydrogen (secondary N) is 1. The third-order valence-corrected chi connectivity index (χ3v) is 2.73. The molecule has 2 aromatic rings. The van der Waals surface area contributed by atoms with Crippen LogP contribution in [0, 0.1) is 12.7 Å². The van der Waals surface area contributed by atoms with Gasteiger partial charge in [-0.05, 0) is 37.2 Å². The fourth-order valence-corrected chi connectivity index (χ4v) is 1.71. The van der Waals surface area contributed by atoms with Crippen molar-refractivity contribution in [1.82, 2.24) is 10.3 Å². The minimum Gasteiger partial charge on any atom is -0.454 e. The van der Waals surface area contributed by atoms with Crippen LogP contribution in [0.15, 0.2) is 36.7 Å². The Morgan fingerprint density at radius 1 is 1.26 bits per heavy atom. The molecule has 1 heterocycles. The molecule has 4 heteroatoms. The lowest BCUT2D eigenvalue weighted by Crippen LogP contribution is -2.12. The number of ether oxygens (including phenoxy) is 1. The van der Waals surface area contributed by atoms with Crippen LogP contribution < -0.4 is 10.1 Å². The van der Waals surface area contributed by atoms with E-state index in [9.17, 15) is 4.39 Å². The molecule has 0 spiro atoms. The molecule has 0 aliphatic carbocycles. The first-order chi connectivity index (χ1) is 9.20. The Morgan fingerprint density at radius 3 is 2.89 bits per heavy atom. The van der Waals surface area contributed by atoms with E-state index in [1.165, 1.54) is 6.07 Å². The van der Waals surface area contributed by atoms with Crippen molar-refractivity contribution >= 4 is 0 Å². The Kier molecular flexibility index (Phi) is 4.47. The highest BCUT2D eigenvalue weighted by Gasteiger charge is 2.08. The van der Waals surface area contributed by atoms with Crippen molar-refractivity contribution in [3.05, 3.63) is 53.6 Å². The fraction of sp³-hybridized carbons (Fsp3) is 0.267. The average molecular weight is 260 g/mol. The summed E-state index contributed by atoms with van der Waals surface area (Å²) in [6.45, 7) is 5.43. The predicted molar refractivity (Wildman–Crippen MR) is 72.8 cm³/mol. The lowest BCUT2D eigenvalue weighted by Gasteiger charge is -2.12. The molecule has 0 saturated carbocycles. The first-order valence-corrected chi connectivity index (χ1v) is 6.28. The highest BCUT2D eigenvalue weighted by molar-refractivity contribution is 5.38. The summed E-state index contributed by atoms with van der Waals surface area (Å²) in [5.41, 5.74) is 1.86. The van der Waals surface area contributed by atoms with E-state index in [1.807, 2.05) is 13.8 Å². The highest BCUT2D eigenvalue weighted by Crippen LogP contribution is 2.27. The normalized spacial score (nSPS) is 10.5. The topological polar surface area (TPSA) is 34.2 Å². The molecule has 100 valence electrons. The molecule has 1 aromatic heterocycles. The Hall–Kier alpha value is -1.94. The number of hydrogen-bond donors (Lipinski definition) is 1. The standard InChI is InChI=1S/C15H17FN2O/c1-3-17-9-12-10-18-7-6-14(12)19-15-8-11(2)4-5-13(15)16/h4-8,10,17H,3,9H2,1-2H3. The molecule has 2 rings (SSSR count). The number of hydrogen-bond acceptors (Lipinski definition) is 3. The van der Waals surface area contributed by atoms with Crippen LogP contribution in [0.3, 0.4) is 0 Å². The van der Waals surface area contributed by atoms with Crippen LogP contribution in [0.5, 0.6) is 11.5 Å². The molecule has 19 heavy (non-hydrogen) atoms. The van der Waals surface area contributed by atoms with Gasteiger partial charge < -0.3 is 10.1 Å². The minimum atomic E-state index is -0.364. The van der Waals surface area contributed by atoms with Crippen molar-refractivity contribution in [3.8, 4) is 11.5 Å². The molecule has 0 saturated heterocycles. The number of nitrogens with zero attached hydrogens (tertiary/aromatic N) is 1. The van der Waals surface area contributed by atoms with Gasteiger partial charge in [-0.15, -0.1) is 0 Å². The van der Waals surface area contributed by atoms with Gasteiger partial charge in [-0.25, -0.2) is 4.39 Å². The van der Waals surface area contributed by atoms with Crippen molar-refractivity contribution in [2.45, 2.75) is 20.4 Å². The maximum atomic E-state index is 13.7. The Bertz CT molecular complexity index is 558. The summed E-state index contributed by atoms with van der Waals surface area (Å²) >= 11 is 0. The Balaban J connectivity index is 2.25. The van der Waals surface area contributed by atoms with Crippen LogP contribution in [0.2, 0.25) is 0 Å². The maximum Gasteiger partial charge on any atom is 0.165 e.